The highest BCUT2D eigenvalue weighted by atomic mass is 16.6. The van der Waals surface area contributed by atoms with Gasteiger partial charge < -0.3 is 9.47 Å². The lowest BCUT2D eigenvalue weighted by molar-refractivity contribution is -0.149. The van der Waals surface area contributed by atoms with Crippen molar-refractivity contribution in [2.24, 2.45) is 23.7 Å². The van der Waals surface area contributed by atoms with Crippen LogP contribution in [0.1, 0.15) is 40.5 Å². The van der Waals surface area contributed by atoms with Gasteiger partial charge in [0, 0.05) is 19.3 Å². The Morgan fingerprint density at radius 2 is 1.63 bits per heavy atom. The van der Waals surface area contributed by atoms with Crippen LogP contribution in [0.2, 0.25) is 0 Å². The summed E-state index contributed by atoms with van der Waals surface area (Å²) in [5.41, 5.74) is -0.133. The fourth-order valence-corrected chi connectivity index (χ4v) is 4.41. The van der Waals surface area contributed by atoms with E-state index in [1.54, 1.807) is 0 Å². The zero-order valence-corrected chi connectivity index (χ0v) is 12.3. The number of allylic oxidation sites excluding steroid dienone is 2. The van der Waals surface area contributed by atoms with E-state index >= 15 is 0 Å². The molecular formula is C16H24O3. The number of ether oxygens (including phenoxy) is 2. The summed E-state index contributed by atoms with van der Waals surface area (Å²) in [6, 6.07) is 0. The molecule has 6 atom stereocenters. The average Bonchev–Trinajstić information content (AvgIpc) is 2.88. The van der Waals surface area contributed by atoms with E-state index in [1.165, 1.54) is 13.3 Å². The minimum Gasteiger partial charge on any atom is -0.462 e. The van der Waals surface area contributed by atoms with Crippen molar-refractivity contribution in [2.75, 3.05) is 0 Å². The molecule has 2 bridgehead atoms. The lowest BCUT2D eigenvalue weighted by atomic mass is 9.84. The summed E-state index contributed by atoms with van der Waals surface area (Å²) in [5.74, 6) is 2.08. The highest BCUT2D eigenvalue weighted by molar-refractivity contribution is 5.66. The summed E-state index contributed by atoms with van der Waals surface area (Å²) >= 11 is 0. The summed E-state index contributed by atoms with van der Waals surface area (Å²) < 4.78 is 11.8. The molecule has 2 fully saturated rings. The van der Waals surface area contributed by atoms with Crippen LogP contribution in [0.5, 0.6) is 0 Å². The molecule has 0 N–H and O–H groups in total. The van der Waals surface area contributed by atoms with Crippen LogP contribution in [-0.2, 0) is 14.3 Å². The van der Waals surface area contributed by atoms with Gasteiger partial charge in [-0.25, -0.2) is 0 Å². The van der Waals surface area contributed by atoms with E-state index in [1.807, 2.05) is 0 Å². The van der Waals surface area contributed by atoms with Gasteiger partial charge in [0.1, 0.15) is 6.10 Å². The van der Waals surface area contributed by atoms with Gasteiger partial charge in [-0.1, -0.05) is 12.2 Å². The molecular weight excluding hydrogens is 240 g/mol. The molecule has 106 valence electrons. The molecule has 0 heterocycles. The normalized spacial score (nSPS) is 43.6. The Kier molecular flexibility index (Phi) is 3.01. The van der Waals surface area contributed by atoms with Crippen molar-refractivity contribution < 1.29 is 14.3 Å². The minimum atomic E-state index is -0.160. The van der Waals surface area contributed by atoms with E-state index in [4.69, 9.17) is 9.47 Å². The number of carbonyl (C=O) groups is 1. The van der Waals surface area contributed by atoms with Gasteiger partial charge >= 0.3 is 5.97 Å². The molecule has 0 radical (unpaired) electrons. The van der Waals surface area contributed by atoms with Gasteiger partial charge in [0.15, 0.2) is 0 Å². The molecule has 3 heteroatoms. The lowest BCUT2D eigenvalue weighted by Gasteiger charge is -2.31. The molecule has 0 aromatic rings. The van der Waals surface area contributed by atoms with Crippen molar-refractivity contribution >= 4 is 5.97 Å². The van der Waals surface area contributed by atoms with Crippen molar-refractivity contribution in [3.05, 3.63) is 12.2 Å². The van der Waals surface area contributed by atoms with Crippen LogP contribution >= 0.6 is 0 Å². The first kappa shape index (κ1) is 13.2. The molecule has 0 aromatic heterocycles. The molecule has 0 spiro atoms. The smallest absolute Gasteiger partial charge is 0.302 e. The van der Waals surface area contributed by atoms with Gasteiger partial charge in [-0.15, -0.1) is 0 Å². The monoisotopic (exact) mass is 264 g/mol. The molecule has 0 amide bonds. The first-order chi connectivity index (χ1) is 8.85. The van der Waals surface area contributed by atoms with E-state index in [-0.39, 0.29) is 23.8 Å². The molecule has 0 aromatic carbocycles. The topological polar surface area (TPSA) is 35.5 Å². The first-order valence-corrected chi connectivity index (χ1v) is 7.38. The first-order valence-electron chi connectivity index (χ1n) is 7.38. The summed E-state index contributed by atoms with van der Waals surface area (Å²) in [7, 11) is 0. The largest absolute Gasteiger partial charge is 0.462 e. The number of fused-ring (bicyclic) bond motifs is 5. The van der Waals surface area contributed by atoms with Crippen molar-refractivity contribution in [1.82, 2.24) is 0 Å². The molecule has 3 aliphatic rings. The van der Waals surface area contributed by atoms with Gasteiger partial charge in [0.05, 0.1) is 11.7 Å². The van der Waals surface area contributed by atoms with E-state index in [0.29, 0.717) is 23.7 Å². The molecule has 0 unspecified atom stereocenters. The van der Waals surface area contributed by atoms with E-state index in [2.05, 4.69) is 32.9 Å². The van der Waals surface area contributed by atoms with Gasteiger partial charge in [0.2, 0.25) is 0 Å². The van der Waals surface area contributed by atoms with Crippen LogP contribution in [0.15, 0.2) is 12.2 Å². The third-order valence-corrected chi connectivity index (χ3v) is 4.73. The van der Waals surface area contributed by atoms with Crippen LogP contribution in [0.3, 0.4) is 0 Å². The second-order valence-corrected chi connectivity index (χ2v) is 7.26. The molecule has 2 saturated carbocycles. The Balaban J connectivity index is 1.80. The number of hydrogen-bond acceptors (Lipinski definition) is 3. The number of esters is 1. The van der Waals surface area contributed by atoms with Crippen molar-refractivity contribution in [3.63, 3.8) is 0 Å². The summed E-state index contributed by atoms with van der Waals surface area (Å²) in [6.07, 6.45) is 7.03. The summed E-state index contributed by atoms with van der Waals surface area (Å²) in [5, 5.41) is 0. The molecule has 0 aliphatic heterocycles. The quantitative estimate of drug-likeness (QED) is 0.568. The second kappa shape index (κ2) is 4.34. The predicted molar refractivity (Wildman–Crippen MR) is 72.5 cm³/mol. The molecule has 0 saturated heterocycles. The molecule has 3 nitrogen and oxygen atoms in total. The Morgan fingerprint density at radius 1 is 1.05 bits per heavy atom. The fraction of sp³-hybridized carbons (Fsp3) is 0.812. The molecule has 3 aliphatic carbocycles. The highest BCUT2D eigenvalue weighted by Gasteiger charge is 2.57. The van der Waals surface area contributed by atoms with Gasteiger partial charge in [-0.3, -0.25) is 4.79 Å². The lowest BCUT2D eigenvalue weighted by Crippen LogP contribution is -2.33. The van der Waals surface area contributed by atoms with Gasteiger partial charge in [-0.05, 0) is 44.9 Å². The maximum Gasteiger partial charge on any atom is 0.302 e. The van der Waals surface area contributed by atoms with Crippen LogP contribution in [0, 0.1) is 23.7 Å². The minimum absolute atomic E-state index is 0.0507. The zero-order chi connectivity index (χ0) is 13.8. The Bertz CT molecular complexity index is 407. The van der Waals surface area contributed by atoms with Crippen molar-refractivity contribution in [1.29, 1.82) is 0 Å². The summed E-state index contributed by atoms with van der Waals surface area (Å²) in [4.78, 5) is 11.3. The van der Waals surface area contributed by atoms with Crippen molar-refractivity contribution in [2.45, 2.75) is 58.3 Å². The van der Waals surface area contributed by atoms with Crippen molar-refractivity contribution in [3.8, 4) is 0 Å². The van der Waals surface area contributed by atoms with Gasteiger partial charge in [-0.2, -0.15) is 0 Å². The van der Waals surface area contributed by atoms with E-state index in [0.717, 1.165) is 6.42 Å². The van der Waals surface area contributed by atoms with Crippen LogP contribution < -0.4 is 0 Å². The van der Waals surface area contributed by atoms with Crippen LogP contribution in [-0.4, -0.2) is 23.8 Å². The maximum atomic E-state index is 11.3. The third kappa shape index (κ3) is 2.33. The van der Waals surface area contributed by atoms with Crippen LogP contribution in [0.25, 0.3) is 0 Å². The SMILES string of the molecule is CC(=O)O[C@@H]1C[C@H](OC(C)(C)C)[C@H]2[C@@H]1[C@H]1C=C[C@@H]2C1. The number of rotatable bonds is 2. The Morgan fingerprint density at radius 3 is 2.16 bits per heavy atom. The highest BCUT2D eigenvalue weighted by Crippen LogP contribution is 2.57. The third-order valence-electron chi connectivity index (χ3n) is 4.73. The maximum absolute atomic E-state index is 11.3. The fourth-order valence-electron chi connectivity index (χ4n) is 4.41. The Hall–Kier alpha value is -0.830. The van der Waals surface area contributed by atoms with E-state index < -0.39 is 0 Å². The molecule has 19 heavy (non-hydrogen) atoms. The Labute approximate surface area is 115 Å². The standard InChI is InChI=1S/C16H24O3/c1-9(17)18-12-8-13(19-16(2,3)4)15-11-6-5-10(7-11)14(12)15/h5-6,10-15H,7-8H2,1-4H3/t10-,11+,12+,13-,14+,15-/m0/s1. The number of carbonyl (C=O) groups excluding carboxylic acids is 1. The second-order valence-electron chi connectivity index (χ2n) is 7.26. The zero-order valence-electron chi connectivity index (χ0n) is 12.3. The average molecular weight is 264 g/mol. The van der Waals surface area contributed by atoms with Gasteiger partial charge in [0.25, 0.3) is 0 Å². The van der Waals surface area contributed by atoms with E-state index in [9.17, 15) is 4.79 Å². The number of hydrogen-bond donors (Lipinski definition) is 0. The predicted octanol–water partition coefficient (Wildman–Crippen LogP) is 2.94. The summed E-state index contributed by atoms with van der Waals surface area (Å²) in [6.45, 7) is 7.81. The molecule has 3 rings (SSSR count). The van der Waals surface area contributed by atoms with Crippen LogP contribution in [0.4, 0.5) is 0 Å².